The lowest BCUT2D eigenvalue weighted by atomic mass is 9.91. The summed E-state index contributed by atoms with van der Waals surface area (Å²) < 4.78 is 5.32. The molecule has 162 valence electrons. The third-order valence-corrected chi connectivity index (χ3v) is 6.05. The normalized spacial score (nSPS) is 16.1. The van der Waals surface area contributed by atoms with E-state index in [2.05, 4.69) is 10.6 Å². The molecule has 1 saturated carbocycles. The zero-order valence-corrected chi connectivity index (χ0v) is 18.5. The summed E-state index contributed by atoms with van der Waals surface area (Å²) in [7, 11) is 0. The maximum absolute atomic E-state index is 12.7. The summed E-state index contributed by atoms with van der Waals surface area (Å²) in [5.41, 5.74) is 0.258. The lowest BCUT2D eigenvalue weighted by molar-refractivity contribution is -0.122. The highest BCUT2D eigenvalue weighted by molar-refractivity contribution is 7.99. The van der Waals surface area contributed by atoms with Gasteiger partial charge in [-0.1, -0.05) is 31.4 Å². The van der Waals surface area contributed by atoms with E-state index in [9.17, 15) is 14.7 Å². The van der Waals surface area contributed by atoms with Crippen LogP contribution in [0.3, 0.4) is 0 Å². The zero-order chi connectivity index (χ0) is 21.3. The Morgan fingerprint density at radius 1 is 1.17 bits per heavy atom. The minimum absolute atomic E-state index is 0.184. The number of hydrogen-bond acceptors (Lipinski definition) is 5. The minimum atomic E-state index is -0.657. The van der Waals surface area contributed by atoms with Crippen LogP contribution in [0.4, 0.5) is 4.79 Å². The van der Waals surface area contributed by atoms with Crippen LogP contribution in [-0.4, -0.2) is 40.3 Å². The summed E-state index contributed by atoms with van der Waals surface area (Å²) in [6, 6.07) is 6.01. The van der Waals surface area contributed by atoms with E-state index >= 15 is 0 Å². The van der Waals surface area contributed by atoms with Crippen molar-refractivity contribution in [3.63, 3.8) is 0 Å². The molecule has 1 aromatic rings. The van der Waals surface area contributed by atoms with Crippen molar-refractivity contribution in [1.82, 2.24) is 10.6 Å². The van der Waals surface area contributed by atoms with Crippen LogP contribution in [0, 0.1) is 5.92 Å². The molecule has 29 heavy (non-hydrogen) atoms. The maximum Gasteiger partial charge on any atom is 0.408 e. The van der Waals surface area contributed by atoms with Crippen LogP contribution >= 0.6 is 11.8 Å². The Hall–Kier alpha value is -1.89. The van der Waals surface area contributed by atoms with Crippen molar-refractivity contribution in [1.29, 1.82) is 0 Å². The summed E-state index contributed by atoms with van der Waals surface area (Å²) in [6.45, 7) is 5.72. The number of ether oxygens (including phenoxy) is 1. The summed E-state index contributed by atoms with van der Waals surface area (Å²) >= 11 is 1.72. The molecule has 2 amide bonds. The highest BCUT2D eigenvalue weighted by atomic mass is 32.2. The molecule has 6 nitrogen and oxygen atoms in total. The molecule has 0 aliphatic heterocycles. The molecule has 0 spiro atoms. The molecular formula is C22H34N2O4S. The molecule has 1 aliphatic carbocycles. The van der Waals surface area contributed by atoms with E-state index in [1.165, 1.54) is 32.1 Å². The van der Waals surface area contributed by atoms with Gasteiger partial charge in [0.2, 0.25) is 5.91 Å². The number of aromatic hydroxyl groups is 1. The molecule has 1 fully saturated rings. The van der Waals surface area contributed by atoms with Gasteiger partial charge >= 0.3 is 6.09 Å². The first-order valence-electron chi connectivity index (χ1n) is 10.4. The first-order chi connectivity index (χ1) is 13.7. The number of amides is 2. The monoisotopic (exact) mass is 422 g/mol. The smallest absolute Gasteiger partial charge is 0.408 e. The number of alkyl carbamates (subject to hydrolysis) is 1. The van der Waals surface area contributed by atoms with Gasteiger partial charge in [-0.25, -0.2) is 4.79 Å². The first-order valence-corrected chi connectivity index (χ1v) is 11.5. The first kappa shape index (κ1) is 23.4. The molecular weight excluding hydrogens is 388 g/mol. The van der Waals surface area contributed by atoms with Crippen LogP contribution in [0.5, 0.6) is 5.75 Å². The fourth-order valence-electron chi connectivity index (χ4n) is 3.27. The van der Waals surface area contributed by atoms with E-state index in [-0.39, 0.29) is 11.7 Å². The fraction of sp³-hybridized carbons (Fsp3) is 0.636. The van der Waals surface area contributed by atoms with Gasteiger partial charge in [-0.15, -0.1) is 0 Å². The molecule has 1 unspecified atom stereocenters. The molecule has 0 radical (unpaired) electrons. The average molecular weight is 423 g/mol. The number of hydrogen-bond donors (Lipinski definition) is 3. The lowest BCUT2D eigenvalue weighted by Gasteiger charge is -2.24. The number of phenolic OH excluding ortho intramolecular Hbond substituents is 1. The van der Waals surface area contributed by atoms with Crippen molar-refractivity contribution in [2.24, 2.45) is 5.92 Å². The number of carbonyl (C=O) groups excluding carboxylic acids is 2. The Morgan fingerprint density at radius 2 is 1.83 bits per heavy atom. The quantitative estimate of drug-likeness (QED) is 0.584. The van der Waals surface area contributed by atoms with Gasteiger partial charge in [0.1, 0.15) is 17.4 Å². The summed E-state index contributed by atoms with van der Waals surface area (Å²) in [4.78, 5) is 24.9. The van der Waals surface area contributed by atoms with Gasteiger partial charge in [-0.2, -0.15) is 11.8 Å². The Labute approximate surface area is 178 Å². The molecule has 3 N–H and O–H groups in total. The standard InChI is InChI=1S/C22H34N2O4S/c1-22(2,3)28-21(27)24-19(15-29-14-17-7-5-4-6-8-17)20(26)23-13-16-9-11-18(25)12-10-16/h9-12,17,19,25H,4-8,13-15H2,1-3H3,(H,23,26)(H,24,27). The van der Waals surface area contributed by atoms with Crippen molar-refractivity contribution in [3.05, 3.63) is 29.8 Å². The van der Waals surface area contributed by atoms with Gasteiger partial charge in [-0.3, -0.25) is 4.79 Å². The lowest BCUT2D eigenvalue weighted by Crippen LogP contribution is -2.49. The molecule has 1 aromatic carbocycles. The molecule has 0 heterocycles. The number of nitrogens with one attached hydrogen (secondary N) is 2. The second kappa shape index (κ2) is 11.3. The Balaban J connectivity index is 1.89. The van der Waals surface area contributed by atoms with Crippen LogP contribution in [0.25, 0.3) is 0 Å². The maximum atomic E-state index is 12.7. The minimum Gasteiger partial charge on any atom is -0.508 e. The number of carbonyl (C=O) groups is 2. The largest absolute Gasteiger partial charge is 0.508 e. The Bertz CT molecular complexity index is 652. The van der Waals surface area contributed by atoms with Crippen molar-refractivity contribution in [3.8, 4) is 5.75 Å². The van der Waals surface area contributed by atoms with E-state index in [1.807, 2.05) is 0 Å². The third kappa shape index (κ3) is 9.43. The molecule has 1 aliphatic rings. The Morgan fingerprint density at radius 3 is 2.45 bits per heavy atom. The molecule has 2 rings (SSSR count). The molecule has 7 heteroatoms. The van der Waals surface area contributed by atoms with Gasteiger partial charge < -0.3 is 20.5 Å². The summed E-state index contributed by atoms with van der Waals surface area (Å²) in [6.07, 6.45) is 5.83. The van der Waals surface area contributed by atoms with E-state index < -0.39 is 17.7 Å². The van der Waals surface area contributed by atoms with Gasteiger partial charge in [-0.05, 0) is 63.0 Å². The molecule has 0 aromatic heterocycles. The SMILES string of the molecule is CC(C)(C)OC(=O)NC(CSCC1CCCCC1)C(=O)NCc1ccc(O)cc1. The third-order valence-electron chi connectivity index (χ3n) is 4.77. The van der Waals surface area contributed by atoms with E-state index in [4.69, 9.17) is 4.74 Å². The van der Waals surface area contributed by atoms with E-state index in [0.29, 0.717) is 18.2 Å². The molecule has 1 atom stereocenters. The van der Waals surface area contributed by atoms with Crippen molar-refractivity contribution in [2.45, 2.75) is 71.1 Å². The van der Waals surface area contributed by atoms with Crippen molar-refractivity contribution < 1.29 is 19.4 Å². The second-order valence-electron chi connectivity index (χ2n) is 8.62. The van der Waals surface area contributed by atoms with Gasteiger partial charge in [0.25, 0.3) is 0 Å². The highest BCUT2D eigenvalue weighted by Gasteiger charge is 2.25. The summed E-state index contributed by atoms with van der Waals surface area (Å²) in [5.74, 6) is 2.18. The van der Waals surface area contributed by atoms with Crippen molar-refractivity contribution in [2.75, 3.05) is 11.5 Å². The van der Waals surface area contributed by atoms with Crippen LogP contribution < -0.4 is 10.6 Å². The van der Waals surface area contributed by atoms with Crippen LogP contribution in [0.15, 0.2) is 24.3 Å². The average Bonchev–Trinajstić information content (AvgIpc) is 2.66. The number of benzene rings is 1. The van der Waals surface area contributed by atoms with Crippen LogP contribution in [0.1, 0.15) is 58.4 Å². The second-order valence-corrected chi connectivity index (χ2v) is 9.70. The molecule has 0 bridgehead atoms. The van der Waals surface area contributed by atoms with Gasteiger partial charge in [0.15, 0.2) is 0 Å². The highest BCUT2D eigenvalue weighted by Crippen LogP contribution is 2.27. The van der Waals surface area contributed by atoms with E-state index in [1.54, 1.807) is 56.8 Å². The van der Waals surface area contributed by atoms with Crippen LogP contribution in [0.2, 0.25) is 0 Å². The topological polar surface area (TPSA) is 87.7 Å². The van der Waals surface area contributed by atoms with Gasteiger partial charge in [0.05, 0.1) is 0 Å². The van der Waals surface area contributed by atoms with Crippen LogP contribution in [-0.2, 0) is 16.1 Å². The predicted molar refractivity (Wildman–Crippen MR) is 117 cm³/mol. The number of thioether (sulfide) groups is 1. The Kier molecular flexibility index (Phi) is 9.14. The fourth-order valence-corrected chi connectivity index (χ4v) is 4.54. The summed E-state index contributed by atoms with van der Waals surface area (Å²) in [5, 5.41) is 15.0. The van der Waals surface area contributed by atoms with E-state index in [0.717, 1.165) is 11.3 Å². The molecule has 0 saturated heterocycles. The predicted octanol–water partition coefficient (Wildman–Crippen LogP) is 4.22. The van der Waals surface area contributed by atoms with Crippen molar-refractivity contribution >= 4 is 23.8 Å². The zero-order valence-electron chi connectivity index (χ0n) is 17.7. The number of rotatable bonds is 8. The van der Waals surface area contributed by atoms with Gasteiger partial charge in [0, 0.05) is 12.3 Å². The number of phenols is 1.